The number of amides is 2. The van der Waals surface area contributed by atoms with Crippen LogP contribution in [0.4, 0.5) is 5.69 Å². The van der Waals surface area contributed by atoms with Crippen molar-refractivity contribution in [3.63, 3.8) is 0 Å². The number of anilines is 1. The third-order valence-electron chi connectivity index (χ3n) is 4.97. The van der Waals surface area contributed by atoms with Crippen LogP contribution in [0.5, 0.6) is 0 Å². The van der Waals surface area contributed by atoms with Gasteiger partial charge in [0, 0.05) is 18.8 Å². The summed E-state index contributed by atoms with van der Waals surface area (Å²) >= 11 is 0. The highest BCUT2D eigenvalue weighted by atomic mass is 16.2. The molecule has 118 valence electrons. The summed E-state index contributed by atoms with van der Waals surface area (Å²) in [4.78, 5) is 26.7. The highest BCUT2D eigenvalue weighted by Crippen LogP contribution is 2.41. The van der Waals surface area contributed by atoms with Crippen molar-refractivity contribution < 1.29 is 9.59 Å². The van der Waals surface area contributed by atoms with Crippen molar-refractivity contribution >= 4 is 17.5 Å². The molecule has 3 rings (SSSR count). The van der Waals surface area contributed by atoms with E-state index in [1.807, 2.05) is 36.9 Å². The van der Waals surface area contributed by atoms with Crippen molar-refractivity contribution in [2.24, 2.45) is 11.8 Å². The predicted molar refractivity (Wildman–Crippen MR) is 86.6 cm³/mol. The highest BCUT2D eigenvalue weighted by Gasteiger charge is 2.49. The molecular formula is C18H24N2O2. The lowest BCUT2D eigenvalue weighted by Gasteiger charge is -2.26. The van der Waals surface area contributed by atoms with E-state index in [9.17, 15) is 9.59 Å². The molecule has 2 atom stereocenters. The van der Waals surface area contributed by atoms with Crippen molar-refractivity contribution in [1.29, 1.82) is 0 Å². The zero-order valence-electron chi connectivity index (χ0n) is 13.4. The number of hydrogen-bond acceptors (Lipinski definition) is 2. The zero-order chi connectivity index (χ0) is 15.7. The average Bonchev–Trinajstić information content (AvgIpc) is 3.32. The fourth-order valence-electron chi connectivity index (χ4n) is 3.22. The molecule has 0 spiro atoms. The molecule has 4 nitrogen and oxygen atoms in total. The Kier molecular flexibility index (Phi) is 4.19. The fourth-order valence-corrected chi connectivity index (χ4v) is 3.22. The van der Waals surface area contributed by atoms with E-state index < -0.39 is 0 Å². The number of likely N-dealkylation sites (tertiary alicyclic amines) is 1. The molecule has 2 unspecified atom stereocenters. The summed E-state index contributed by atoms with van der Waals surface area (Å²) in [5.74, 6) is -0.0672. The topological polar surface area (TPSA) is 49.4 Å². The van der Waals surface area contributed by atoms with Crippen molar-refractivity contribution in [2.45, 2.75) is 39.5 Å². The number of rotatable bonds is 3. The van der Waals surface area contributed by atoms with E-state index in [-0.39, 0.29) is 23.7 Å². The van der Waals surface area contributed by atoms with Gasteiger partial charge in [-0.3, -0.25) is 9.59 Å². The van der Waals surface area contributed by atoms with Crippen LogP contribution < -0.4 is 5.32 Å². The van der Waals surface area contributed by atoms with Crippen LogP contribution in [0, 0.1) is 25.7 Å². The van der Waals surface area contributed by atoms with Gasteiger partial charge in [0.1, 0.15) is 0 Å². The first-order valence-electron chi connectivity index (χ1n) is 8.24. The number of piperidine rings is 1. The van der Waals surface area contributed by atoms with Crippen molar-refractivity contribution in [3.05, 3.63) is 29.3 Å². The standard InChI is InChI=1S/C18H24N2O2/c1-12-7-6-8-16(13(12)2)19-17(21)14-11-15(14)18(22)20-9-4-3-5-10-20/h6-8,14-15H,3-5,9-11H2,1-2H3,(H,19,21). The Balaban J connectivity index is 1.58. The summed E-state index contributed by atoms with van der Waals surface area (Å²) < 4.78 is 0. The van der Waals surface area contributed by atoms with Crippen LogP contribution in [0.3, 0.4) is 0 Å². The van der Waals surface area contributed by atoms with Gasteiger partial charge in [-0.1, -0.05) is 12.1 Å². The summed E-state index contributed by atoms with van der Waals surface area (Å²) in [5.41, 5.74) is 3.12. The third-order valence-corrected chi connectivity index (χ3v) is 4.97. The van der Waals surface area contributed by atoms with Gasteiger partial charge < -0.3 is 10.2 Å². The van der Waals surface area contributed by atoms with Crippen molar-refractivity contribution in [1.82, 2.24) is 4.90 Å². The Labute approximate surface area is 131 Å². The lowest BCUT2D eigenvalue weighted by molar-refractivity contribution is -0.134. The maximum absolute atomic E-state index is 12.4. The zero-order valence-corrected chi connectivity index (χ0v) is 13.4. The van der Waals surface area contributed by atoms with E-state index >= 15 is 0 Å². The minimum Gasteiger partial charge on any atom is -0.342 e. The minimum atomic E-state index is -0.144. The minimum absolute atomic E-state index is 0.0101. The summed E-state index contributed by atoms with van der Waals surface area (Å²) in [5, 5.41) is 2.99. The van der Waals surface area contributed by atoms with Gasteiger partial charge in [0.25, 0.3) is 0 Å². The number of hydrogen-bond donors (Lipinski definition) is 1. The quantitative estimate of drug-likeness (QED) is 0.933. The maximum atomic E-state index is 12.4. The Bertz CT molecular complexity index is 591. The predicted octanol–water partition coefficient (Wildman–Crippen LogP) is 2.89. The first kappa shape index (κ1) is 15.1. The lowest BCUT2D eigenvalue weighted by Crippen LogP contribution is -2.37. The molecule has 1 aliphatic carbocycles. The number of benzene rings is 1. The van der Waals surface area contributed by atoms with Gasteiger partial charge in [-0.15, -0.1) is 0 Å². The normalized spacial score (nSPS) is 24.0. The molecule has 2 aliphatic rings. The number of carbonyl (C=O) groups is 2. The smallest absolute Gasteiger partial charge is 0.228 e. The Morgan fingerprint density at radius 3 is 2.55 bits per heavy atom. The molecule has 0 radical (unpaired) electrons. The Hall–Kier alpha value is -1.84. The lowest BCUT2D eigenvalue weighted by atomic mass is 10.1. The summed E-state index contributed by atoms with van der Waals surface area (Å²) in [6, 6.07) is 5.90. The van der Waals surface area contributed by atoms with Gasteiger partial charge in [0.05, 0.1) is 11.8 Å². The SMILES string of the molecule is Cc1cccc(NC(=O)C2CC2C(=O)N2CCCCC2)c1C. The second-order valence-corrected chi connectivity index (χ2v) is 6.57. The van der Waals surface area contributed by atoms with Crippen LogP contribution in [-0.2, 0) is 9.59 Å². The Morgan fingerprint density at radius 1 is 1.09 bits per heavy atom. The van der Waals surface area contributed by atoms with Gasteiger partial charge in [-0.2, -0.15) is 0 Å². The van der Waals surface area contributed by atoms with Crippen LogP contribution in [0.2, 0.25) is 0 Å². The van der Waals surface area contributed by atoms with Crippen molar-refractivity contribution in [2.75, 3.05) is 18.4 Å². The van der Waals surface area contributed by atoms with Gasteiger partial charge in [-0.05, 0) is 56.7 Å². The second-order valence-electron chi connectivity index (χ2n) is 6.57. The average molecular weight is 300 g/mol. The molecule has 2 fully saturated rings. The Morgan fingerprint density at radius 2 is 1.82 bits per heavy atom. The molecule has 0 aromatic heterocycles. The molecule has 0 bridgehead atoms. The number of nitrogens with one attached hydrogen (secondary N) is 1. The van der Waals surface area contributed by atoms with E-state index in [1.165, 1.54) is 6.42 Å². The van der Waals surface area contributed by atoms with Gasteiger partial charge in [0.2, 0.25) is 11.8 Å². The molecular weight excluding hydrogens is 276 g/mol. The van der Waals surface area contributed by atoms with E-state index in [0.29, 0.717) is 6.42 Å². The van der Waals surface area contributed by atoms with Gasteiger partial charge >= 0.3 is 0 Å². The largest absolute Gasteiger partial charge is 0.342 e. The molecule has 1 aromatic rings. The molecule has 4 heteroatoms. The molecule has 22 heavy (non-hydrogen) atoms. The first-order chi connectivity index (χ1) is 10.6. The van der Waals surface area contributed by atoms with Gasteiger partial charge in [-0.25, -0.2) is 0 Å². The summed E-state index contributed by atoms with van der Waals surface area (Å²) in [6.07, 6.45) is 4.10. The first-order valence-corrected chi connectivity index (χ1v) is 8.24. The fraction of sp³-hybridized carbons (Fsp3) is 0.556. The monoisotopic (exact) mass is 300 g/mol. The van der Waals surface area contributed by atoms with Crippen LogP contribution in [0.1, 0.15) is 36.8 Å². The number of aryl methyl sites for hydroxylation is 1. The van der Waals surface area contributed by atoms with Crippen LogP contribution in [0.25, 0.3) is 0 Å². The van der Waals surface area contributed by atoms with Crippen LogP contribution in [-0.4, -0.2) is 29.8 Å². The molecule has 2 amide bonds. The van der Waals surface area contributed by atoms with E-state index in [1.54, 1.807) is 0 Å². The van der Waals surface area contributed by atoms with Gasteiger partial charge in [0.15, 0.2) is 0 Å². The molecule has 1 aromatic carbocycles. The summed E-state index contributed by atoms with van der Waals surface area (Å²) in [6.45, 7) is 5.76. The van der Waals surface area contributed by atoms with Crippen LogP contribution >= 0.6 is 0 Å². The van der Waals surface area contributed by atoms with E-state index in [0.717, 1.165) is 42.7 Å². The molecule has 1 N–H and O–H groups in total. The van der Waals surface area contributed by atoms with Crippen LogP contribution in [0.15, 0.2) is 18.2 Å². The molecule has 1 aliphatic heterocycles. The van der Waals surface area contributed by atoms with Crippen molar-refractivity contribution in [3.8, 4) is 0 Å². The molecule has 1 saturated carbocycles. The number of carbonyl (C=O) groups excluding carboxylic acids is 2. The second kappa shape index (κ2) is 6.11. The maximum Gasteiger partial charge on any atom is 0.228 e. The number of nitrogens with zero attached hydrogens (tertiary/aromatic N) is 1. The third kappa shape index (κ3) is 3.01. The van der Waals surface area contributed by atoms with E-state index in [4.69, 9.17) is 0 Å². The molecule has 1 saturated heterocycles. The highest BCUT2D eigenvalue weighted by molar-refractivity contribution is 6.00. The summed E-state index contributed by atoms with van der Waals surface area (Å²) in [7, 11) is 0. The molecule has 1 heterocycles. The van der Waals surface area contributed by atoms with E-state index in [2.05, 4.69) is 5.32 Å².